The monoisotopic (exact) mass is 223 g/mol. The van der Waals surface area contributed by atoms with Crippen LogP contribution in [0.3, 0.4) is 0 Å². The van der Waals surface area contributed by atoms with E-state index in [0.29, 0.717) is 6.42 Å². The lowest BCUT2D eigenvalue weighted by Crippen LogP contribution is -2.25. The Labute approximate surface area is 93.8 Å². The highest BCUT2D eigenvalue weighted by Crippen LogP contribution is 2.10. The van der Waals surface area contributed by atoms with E-state index in [1.165, 1.54) is 0 Å². The van der Waals surface area contributed by atoms with Crippen molar-refractivity contribution in [2.24, 2.45) is 10.8 Å². The first kappa shape index (κ1) is 11.5. The second-order valence-corrected chi connectivity index (χ2v) is 3.61. The van der Waals surface area contributed by atoms with E-state index in [0.717, 1.165) is 11.3 Å². The van der Waals surface area contributed by atoms with Gasteiger partial charge in [0.2, 0.25) is 0 Å². The summed E-state index contributed by atoms with van der Waals surface area (Å²) in [6.07, 6.45) is 0.690. The molecular weight excluding hydrogens is 210 g/mol. The zero-order chi connectivity index (χ0) is 11.3. The van der Waals surface area contributed by atoms with Crippen LogP contribution >= 0.6 is 12.2 Å². The van der Waals surface area contributed by atoms with Crippen molar-refractivity contribution in [3.05, 3.63) is 29.8 Å². The molecular formula is C10H13N3OS. The molecule has 0 amide bonds. The molecule has 4 N–H and O–H groups in total. The number of hydrogen-bond donors (Lipinski definition) is 3. The number of hydrogen-bond acceptors (Lipinski definition) is 3. The smallest absolute Gasteiger partial charge is 0.184 e. The Kier molecular flexibility index (Phi) is 4.05. The molecule has 0 aromatic heterocycles. The number of phenolic OH excluding ortho intramolecular Hbond substituents is 1. The Hall–Kier alpha value is -1.62. The highest BCUT2D eigenvalue weighted by Gasteiger charge is 1.96. The summed E-state index contributed by atoms with van der Waals surface area (Å²) in [5.41, 5.74) is 9.70. The van der Waals surface area contributed by atoms with Crippen LogP contribution in [0.4, 0.5) is 0 Å². The van der Waals surface area contributed by atoms with Gasteiger partial charge in [-0.1, -0.05) is 12.1 Å². The third-order valence-corrected chi connectivity index (χ3v) is 1.84. The fourth-order valence-electron chi connectivity index (χ4n) is 1.10. The van der Waals surface area contributed by atoms with Gasteiger partial charge in [-0.3, -0.25) is 5.43 Å². The summed E-state index contributed by atoms with van der Waals surface area (Å²) in [5, 5.41) is 13.2. The van der Waals surface area contributed by atoms with Crippen molar-refractivity contribution in [2.75, 3.05) is 0 Å². The number of nitrogens with zero attached hydrogens (tertiary/aromatic N) is 1. The molecule has 1 rings (SSSR count). The van der Waals surface area contributed by atoms with Crippen LogP contribution in [0, 0.1) is 0 Å². The van der Waals surface area contributed by atoms with Crippen LogP contribution in [0.5, 0.6) is 5.75 Å². The average molecular weight is 223 g/mol. The lowest BCUT2D eigenvalue weighted by molar-refractivity contribution is 0.475. The summed E-state index contributed by atoms with van der Waals surface area (Å²) in [7, 11) is 0. The SMILES string of the molecule is C/C(Cc1ccc(O)cc1)=N\NC(N)=S. The minimum Gasteiger partial charge on any atom is -0.508 e. The molecule has 0 saturated carbocycles. The van der Waals surface area contributed by atoms with Gasteiger partial charge >= 0.3 is 0 Å². The lowest BCUT2D eigenvalue weighted by atomic mass is 10.1. The third kappa shape index (κ3) is 4.42. The van der Waals surface area contributed by atoms with E-state index in [1.807, 2.05) is 19.1 Å². The van der Waals surface area contributed by atoms with Crippen LogP contribution in [0.2, 0.25) is 0 Å². The number of thiocarbonyl (C=S) groups is 1. The highest BCUT2D eigenvalue weighted by atomic mass is 32.1. The minimum atomic E-state index is 0.153. The Morgan fingerprint density at radius 2 is 2.07 bits per heavy atom. The zero-order valence-electron chi connectivity index (χ0n) is 8.40. The number of nitrogens with two attached hydrogens (primary N) is 1. The highest BCUT2D eigenvalue weighted by molar-refractivity contribution is 7.80. The summed E-state index contributed by atoms with van der Waals surface area (Å²) >= 11 is 4.62. The van der Waals surface area contributed by atoms with E-state index in [2.05, 4.69) is 22.7 Å². The van der Waals surface area contributed by atoms with Gasteiger partial charge in [0, 0.05) is 12.1 Å². The predicted octanol–water partition coefficient (Wildman–Crippen LogP) is 1.14. The van der Waals surface area contributed by atoms with Crippen LogP contribution in [0.15, 0.2) is 29.4 Å². The molecule has 0 heterocycles. The minimum absolute atomic E-state index is 0.153. The molecule has 0 saturated heterocycles. The van der Waals surface area contributed by atoms with Crippen molar-refractivity contribution >= 4 is 23.0 Å². The maximum Gasteiger partial charge on any atom is 0.184 e. The van der Waals surface area contributed by atoms with Crippen LogP contribution < -0.4 is 11.2 Å². The van der Waals surface area contributed by atoms with Gasteiger partial charge in [-0.25, -0.2) is 0 Å². The van der Waals surface area contributed by atoms with Gasteiger partial charge in [-0.2, -0.15) is 5.10 Å². The first-order chi connectivity index (χ1) is 7.08. The maximum absolute atomic E-state index is 9.09. The van der Waals surface area contributed by atoms with Crippen LogP contribution in [-0.2, 0) is 6.42 Å². The molecule has 0 atom stereocenters. The fraction of sp³-hybridized carbons (Fsp3) is 0.200. The maximum atomic E-state index is 9.09. The molecule has 4 nitrogen and oxygen atoms in total. The first-order valence-electron chi connectivity index (χ1n) is 4.44. The molecule has 0 aliphatic rings. The van der Waals surface area contributed by atoms with Crippen molar-refractivity contribution in [3.8, 4) is 5.75 Å². The van der Waals surface area contributed by atoms with E-state index in [9.17, 15) is 0 Å². The fourth-order valence-corrected chi connectivity index (χ4v) is 1.14. The molecule has 15 heavy (non-hydrogen) atoms. The van der Waals surface area contributed by atoms with Gasteiger partial charge in [-0.15, -0.1) is 0 Å². The predicted molar refractivity (Wildman–Crippen MR) is 64.8 cm³/mol. The average Bonchev–Trinajstić information content (AvgIpc) is 2.19. The van der Waals surface area contributed by atoms with Crippen LogP contribution in [0.25, 0.3) is 0 Å². The Morgan fingerprint density at radius 3 is 2.60 bits per heavy atom. The number of phenols is 1. The van der Waals surface area contributed by atoms with E-state index in [4.69, 9.17) is 10.8 Å². The number of aromatic hydroxyl groups is 1. The summed E-state index contributed by atoms with van der Waals surface area (Å²) in [5.74, 6) is 0.259. The van der Waals surface area contributed by atoms with E-state index >= 15 is 0 Å². The van der Waals surface area contributed by atoms with Gasteiger partial charge in [0.25, 0.3) is 0 Å². The summed E-state index contributed by atoms with van der Waals surface area (Å²) < 4.78 is 0. The van der Waals surface area contributed by atoms with Crippen molar-refractivity contribution < 1.29 is 5.11 Å². The molecule has 1 aromatic rings. The molecule has 5 heteroatoms. The molecule has 0 aliphatic heterocycles. The van der Waals surface area contributed by atoms with Gasteiger partial charge in [0.1, 0.15) is 5.75 Å². The summed E-state index contributed by atoms with van der Waals surface area (Å²) in [6, 6.07) is 6.97. The molecule has 0 spiro atoms. The van der Waals surface area contributed by atoms with Crippen molar-refractivity contribution in [3.63, 3.8) is 0 Å². The molecule has 0 aliphatic carbocycles. The van der Waals surface area contributed by atoms with Crippen molar-refractivity contribution in [1.82, 2.24) is 5.43 Å². The van der Waals surface area contributed by atoms with Crippen molar-refractivity contribution in [1.29, 1.82) is 0 Å². The largest absolute Gasteiger partial charge is 0.508 e. The molecule has 1 aromatic carbocycles. The quantitative estimate of drug-likeness (QED) is 0.408. The summed E-state index contributed by atoms with van der Waals surface area (Å²) in [6.45, 7) is 1.87. The van der Waals surface area contributed by atoms with Gasteiger partial charge in [-0.05, 0) is 36.8 Å². The lowest BCUT2D eigenvalue weighted by Gasteiger charge is -2.02. The number of rotatable bonds is 3. The van der Waals surface area contributed by atoms with Crippen LogP contribution in [-0.4, -0.2) is 15.9 Å². The van der Waals surface area contributed by atoms with Crippen molar-refractivity contribution in [2.45, 2.75) is 13.3 Å². The molecule has 80 valence electrons. The zero-order valence-corrected chi connectivity index (χ0v) is 9.21. The topological polar surface area (TPSA) is 70.6 Å². The second-order valence-electron chi connectivity index (χ2n) is 3.17. The number of nitrogens with one attached hydrogen (secondary N) is 1. The second kappa shape index (κ2) is 5.31. The molecule has 0 unspecified atom stereocenters. The van der Waals surface area contributed by atoms with Gasteiger partial charge in [0.15, 0.2) is 5.11 Å². The first-order valence-corrected chi connectivity index (χ1v) is 4.85. The van der Waals surface area contributed by atoms with Crippen LogP contribution in [0.1, 0.15) is 12.5 Å². The number of benzene rings is 1. The standard InChI is InChI=1S/C10H13N3OS/c1-7(12-13-10(11)15)6-8-2-4-9(14)5-3-8/h2-5,14H,6H2,1H3,(H3,11,13,15)/b12-7+. The summed E-state index contributed by atoms with van der Waals surface area (Å²) in [4.78, 5) is 0. The normalized spacial score (nSPS) is 11.1. The van der Waals surface area contributed by atoms with E-state index < -0.39 is 0 Å². The Bertz CT molecular complexity index is 373. The van der Waals surface area contributed by atoms with E-state index in [-0.39, 0.29) is 10.9 Å². The van der Waals surface area contributed by atoms with Gasteiger partial charge < -0.3 is 10.8 Å². The molecule has 0 fully saturated rings. The Balaban J connectivity index is 2.58. The molecule has 0 radical (unpaired) electrons. The van der Waals surface area contributed by atoms with E-state index in [1.54, 1.807) is 12.1 Å². The van der Waals surface area contributed by atoms with Gasteiger partial charge in [0.05, 0.1) is 0 Å². The number of hydrazone groups is 1. The molecule has 0 bridgehead atoms. The third-order valence-electron chi connectivity index (χ3n) is 1.75. The Morgan fingerprint density at radius 1 is 1.47 bits per heavy atom.